The second-order valence-electron chi connectivity index (χ2n) is 5.30. The van der Waals surface area contributed by atoms with Gasteiger partial charge < -0.3 is 10.6 Å². The maximum Gasteiger partial charge on any atom is 0.0658 e. The molecule has 3 rings (SSSR count). The van der Waals surface area contributed by atoms with Gasteiger partial charge in [-0.15, -0.1) is 0 Å². The molecule has 2 saturated heterocycles. The van der Waals surface area contributed by atoms with Gasteiger partial charge in [0.1, 0.15) is 0 Å². The van der Waals surface area contributed by atoms with Gasteiger partial charge in [0.15, 0.2) is 0 Å². The minimum Gasteiger partial charge on any atom is -0.317 e. The van der Waals surface area contributed by atoms with Crippen LogP contribution in [0.25, 0.3) is 0 Å². The molecule has 2 fully saturated rings. The smallest absolute Gasteiger partial charge is 0.0658 e. The highest BCUT2D eigenvalue weighted by Gasteiger charge is 2.24. The Hall–Kier alpha value is -0.870. The molecule has 0 aliphatic carbocycles. The summed E-state index contributed by atoms with van der Waals surface area (Å²) in [7, 11) is 0. The van der Waals surface area contributed by atoms with Crippen molar-refractivity contribution >= 4 is 0 Å². The summed E-state index contributed by atoms with van der Waals surface area (Å²) in [6.45, 7) is 6.75. The monoisotopic (exact) mass is 234 g/mol. The Bertz CT molecular complexity index is 373. The molecule has 94 valence electrons. The van der Waals surface area contributed by atoms with Crippen LogP contribution in [0.5, 0.6) is 0 Å². The van der Waals surface area contributed by atoms with Crippen LogP contribution in [-0.2, 0) is 0 Å². The van der Waals surface area contributed by atoms with Crippen LogP contribution in [0.4, 0.5) is 0 Å². The molecular formula is C13H22N4. The third-order valence-electron chi connectivity index (χ3n) is 4.24. The van der Waals surface area contributed by atoms with Crippen molar-refractivity contribution in [2.45, 2.75) is 38.1 Å². The van der Waals surface area contributed by atoms with Gasteiger partial charge in [0.05, 0.1) is 12.2 Å². The van der Waals surface area contributed by atoms with Gasteiger partial charge >= 0.3 is 0 Å². The second-order valence-corrected chi connectivity index (χ2v) is 5.30. The van der Waals surface area contributed by atoms with Crippen LogP contribution >= 0.6 is 0 Å². The third-order valence-corrected chi connectivity index (χ3v) is 4.24. The second kappa shape index (κ2) is 4.78. The van der Waals surface area contributed by atoms with Crippen molar-refractivity contribution in [2.75, 3.05) is 26.2 Å². The van der Waals surface area contributed by atoms with Crippen LogP contribution in [0.15, 0.2) is 6.20 Å². The van der Waals surface area contributed by atoms with E-state index in [2.05, 4.69) is 33.5 Å². The van der Waals surface area contributed by atoms with Gasteiger partial charge in [0.25, 0.3) is 0 Å². The van der Waals surface area contributed by atoms with Gasteiger partial charge in [-0.3, -0.25) is 4.68 Å². The highest BCUT2D eigenvalue weighted by molar-refractivity contribution is 5.22. The van der Waals surface area contributed by atoms with Gasteiger partial charge in [-0.05, 0) is 57.3 Å². The molecular weight excluding hydrogens is 212 g/mol. The normalized spacial score (nSPS) is 26.5. The van der Waals surface area contributed by atoms with E-state index in [1.54, 1.807) is 0 Å². The first-order valence-electron chi connectivity index (χ1n) is 6.81. The standard InChI is InChI=1S/C13H22N4/c1-10-13(11-2-5-14-6-3-11)9-16-17(10)12-4-7-15-8-12/h9,11-12,14-15H,2-8H2,1H3. The van der Waals surface area contributed by atoms with Gasteiger partial charge in [0, 0.05) is 12.2 Å². The average molecular weight is 234 g/mol. The van der Waals surface area contributed by atoms with E-state index in [9.17, 15) is 0 Å². The van der Waals surface area contributed by atoms with Crippen LogP contribution in [0.2, 0.25) is 0 Å². The molecule has 0 radical (unpaired) electrons. The van der Waals surface area contributed by atoms with E-state index in [1.807, 2.05) is 0 Å². The van der Waals surface area contributed by atoms with Crippen LogP contribution in [0.3, 0.4) is 0 Å². The Labute approximate surface area is 103 Å². The third kappa shape index (κ3) is 2.11. The van der Waals surface area contributed by atoms with Gasteiger partial charge in [-0.25, -0.2) is 0 Å². The van der Waals surface area contributed by atoms with Crippen molar-refractivity contribution in [3.8, 4) is 0 Å². The van der Waals surface area contributed by atoms with Gasteiger partial charge in [-0.2, -0.15) is 5.10 Å². The molecule has 2 aliphatic rings. The molecule has 0 amide bonds. The summed E-state index contributed by atoms with van der Waals surface area (Å²) in [5.74, 6) is 0.722. The fourth-order valence-corrected chi connectivity index (χ4v) is 3.19. The van der Waals surface area contributed by atoms with E-state index in [0.717, 1.165) is 32.1 Å². The SMILES string of the molecule is Cc1c(C2CCNCC2)cnn1C1CCNC1. The van der Waals surface area contributed by atoms with Crippen LogP contribution < -0.4 is 10.6 Å². The first-order valence-corrected chi connectivity index (χ1v) is 6.81. The van der Waals surface area contributed by atoms with Crippen molar-refractivity contribution in [2.24, 2.45) is 0 Å². The minimum atomic E-state index is 0.575. The van der Waals surface area contributed by atoms with Crippen molar-refractivity contribution in [1.29, 1.82) is 0 Å². The minimum absolute atomic E-state index is 0.575. The lowest BCUT2D eigenvalue weighted by molar-refractivity contribution is 0.452. The molecule has 1 atom stereocenters. The zero-order valence-electron chi connectivity index (χ0n) is 10.6. The molecule has 2 N–H and O–H groups in total. The molecule has 0 saturated carbocycles. The number of nitrogens with one attached hydrogen (secondary N) is 2. The number of aromatic nitrogens is 2. The first-order chi connectivity index (χ1) is 8.36. The van der Waals surface area contributed by atoms with Crippen molar-refractivity contribution < 1.29 is 0 Å². The summed E-state index contributed by atoms with van der Waals surface area (Å²) in [4.78, 5) is 0. The number of rotatable bonds is 2. The predicted molar refractivity (Wildman–Crippen MR) is 68.3 cm³/mol. The summed E-state index contributed by atoms with van der Waals surface area (Å²) in [6.07, 6.45) is 5.85. The van der Waals surface area contributed by atoms with Crippen LogP contribution in [0.1, 0.15) is 42.5 Å². The summed E-state index contributed by atoms with van der Waals surface area (Å²) in [5.41, 5.74) is 2.88. The Morgan fingerprint density at radius 2 is 1.94 bits per heavy atom. The largest absolute Gasteiger partial charge is 0.317 e. The Balaban J connectivity index is 1.80. The van der Waals surface area contributed by atoms with E-state index in [4.69, 9.17) is 0 Å². The highest BCUT2D eigenvalue weighted by atomic mass is 15.3. The zero-order valence-corrected chi connectivity index (χ0v) is 10.6. The molecule has 0 bridgehead atoms. The zero-order chi connectivity index (χ0) is 11.7. The van der Waals surface area contributed by atoms with Crippen molar-refractivity contribution in [1.82, 2.24) is 20.4 Å². The quantitative estimate of drug-likeness (QED) is 0.808. The number of hydrogen-bond donors (Lipinski definition) is 2. The molecule has 0 spiro atoms. The maximum absolute atomic E-state index is 4.63. The highest BCUT2D eigenvalue weighted by Crippen LogP contribution is 2.29. The van der Waals surface area contributed by atoms with E-state index in [-0.39, 0.29) is 0 Å². The van der Waals surface area contributed by atoms with E-state index in [1.165, 1.54) is 30.5 Å². The number of hydrogen-bond acceptors (Lipinski definition) is 3. The molecule has 17 heavy (non-hydrogen) atoms. The molecule has 2 aliphatic heterocycles. The summed E-state index contributed by atoms with van der Waals surface area (Å²) in [6, 6.07) is 0.575. The van der Waals surface area contributed by atoms with E-state index >= 15 is 0 Å². The molecule has 1 unspecified atom stereocenters. The Morgan fingerprint density at radius 1 is 1.18 bits per heavy atom. The molecule has 3 heterocycles. The van der Waals surface area contributed by atoms with Gasteiger partial charge in [-0.1, -0.05) is 0 Å². The van der Waals surface area contributed by atoms with Crippen LogP contribution in [0, 0.1) is 6.92 Å². The van der Waals surface area contributed by atoms with Crippen molar-refractivity contribution in [3.05, 3.63) is 17.5 Å². The lowest BCUT2D eigenvalue weighted by Gasteiger charge is -2.22. The fraction of sp³-hybridized carbons (Fsp3) is 0.769. The molecule has 1 aromatic rings. The summed E-state index contributed by atoms with van der Waals surface area (Å²) >= 11 is 0. The summed E-state index contributed by atoms with van der Waals surface area (Å²) < 4.78 is 2.25. The Morgan fingerprint density at radius 3 is 2.65 bits per heavy atom. The number of nitrogens with zero attached hydrogens (tertiary/aromatic N) is 2. The van der Waals surface area contributed by atoms with Gasteiger partial charge in [0.2, 0.25) is 0 Å². The maximum atomic E-state index is 4.63. The van der Waals surface area contributed by atoms with Crippen molar-refractivity contribution in [3.63, 3.8) is 0 Å². The van der Waals surface area contributed by atoms with E-state index in [0.29, 0.717) is 6.04 Å². The molecule has 0 aromatic carbocycles. The fourth-order valence-electron chi connectivity index (χ4n) is 3.19. The van der Waals surface area contributed by atoms with Crippen LogP contribution in [-0.4, -0.2) is 36.0 Å². The first kappa shape index (κ1) is 11.2. The molecule has 4 nitrogen and oxygen atoms in total. The number of piperidine rings is 1. The lowest BCUT2D eigenvalue weighted by Crippen LogP contribution is -2.27. The summed E-state index contributed by atoms with van der Waals surface area (Å²) in [5, 5.41) is 11.5. The topological polar surface area (TPSA) is 41.9 Å². The van der Waals surface area contributed by atoms with E-state index < -0.39 is 0 Å². The Kier molecular flexibility index (Phi) is 3.16. The predicted octanol–water partition coefficient (Wildman–Crippen LogP) is 1.19. The average Bonchev–Trinajstić information content (AvgIpc) is 2.99. The molecule has 1 aromatic heterocycles. The lowest BCUT2D eigenvalue weighted by atomic mass is 9.91. The molecule has 4 heteroatoms.